The van der Waals surface area contributed by atoms with Crippen molar-refractivity contribution >= 4 is 60.4 Å². The minimum absolute atomic E-state index is 1.08. The Kier molecular flexibility index (Phi) is 9.20. The van der Waals surface area contributed by atoms with E-state index >= 15 is 0 Å². The zero-order valence-electron chi connectivity index (χ0n) is 35.1. The Morgan fingerprint density at radius 2 is 0.812 bits per heavy atom. The SMILES string of the molecule is c1ccc(-c2ccc(N(c3cccc(-c4cccc5ccccc45)c3)c3ccccc3-c3cccc(-c4ccccc4)c3-n3c4ccccc4c4cc5ccccc5cc43)cc2)cc1. The van der Waals surface area contributed by atoms with Crippen molar-refractivity contribution in [3.63, 3.8) is 0 Å². The van der Waals surface area contributed by atoms with Crippen LogP contribution in [0.2, 0.25) is 0 Å². The van der Waals surface area contributed by atoms with Gasteiger partial charge in [-0.3, -0.25) is 0 Å². The van der Waals surface area contributed by atoms with Crippen molar-refractivity contribution < 1.29 is 0 Å². The van der Waals surface area contributed by atoms with Gasteiger partial charge in [-0.05, 0) is 97.9 Å². The van der Waals surface area contributed by atoms with Crippen molar-refractivity contribution in [3.8, 4) is 50.2 Å². The number of hydrogen-bond donors (Lipinski definition) is 0. The van der Waals surface area contributed by atoms with Crippen LogP contribution in [0.4, 0.5) is 17.1 Å². The van der Waals surface area contributed by atoms with Crippen LogP contribution in [0, 0.1) is 0 Å². The van der Waals surface area contributed by atoms with Crippen LogP contribution in [-0.2, 0) is 0 Å². The second-order valence-electron chi connectivity index (χ2n) is 16.5. The van der Waals surface area contributed by atoms with E-state index in [1.54, 1.807) is 0 Å². The molecule has 11 aromatic carbocycles. The average molecular weight is 815 g/mol. The molecule has 0 aliphatic heterocycles. The Hall–Kier alpha value is -8.46. The number of hydrogen-bond acceptors (Lipinski definition) is 1. The van der Waals surface area contributed by atoms with Gasteiger partial charge in [-0.15, -0.1) is 0 Å². The zero-order chi connectivity index (χ0) is 42.4. The predicted octanol–water partition coefficient (Wildman–Crippen LogP) is 17.2. The normalized spacial score (nSPS) is 11.4. The summed E-state index contributed by atoms with van der Waals surface area (Å²) in [7, 11) is 0. The van der Waals surface area contributed by atoms with Gasteiger partial charge in [0.1, 0.15) is 0 Å². The third kappa shape index (κ3) is 6.44. The molecular formula is C62H42N2. The first-order valence-corrected chi connectivity index (χ1v) is 22.0. The highest BCUT2D eigenvalue weighted by Crippen LogP contribution is 2.47. The standard InChI is InChI=1S/C62H42N2/c1-3-18-43(19-4-1)44-36-38-50(39-37-44)63(51-27-15-26-49(40-51)53-31-16-25-45-22-9-10-28-52(45)53)59-34-13-11-29-55(59)57-33-17-32-54(46-20-5-2-6-21-46)62(57)64-60-35-14-12-30-56(60)58-41-47-23-7-8-24-48(47)42-61(58)64/h1-42H. The summed E-state index contributed by atoms with van der Waals surface area (Å²) in [4.78, 5) is 2.44. The summed E-state index contributed by atoms with van der Waals surface area (Å²) < 4.78 is 2.52. The lowest BCUT2D eigenvalue weighted by Crippen LogP contribution is -2.12. The van der Waals surface area contributed by atoms with Gasteiger partial charge in [-0.2, -0.15) is 0 Å². The number of para-hydroxylation sites is 3. The van der Waals surface area contributed by atoms with Crippen molar-refractivity contribution in [2.24, 2.45) is 0 Å². The molecule has 64 heavy (non-hydrogen) atoms. The van der Waals surface area contributed by atoms with Crippen LogP contribution in [0.25, 0.3) is 93.5 Å². The van der Waals surface area contributed by atoms with E-state index in [9.17, 15) is 0 Å². The number of aromatic nitrogens is 1. The van der Waals surface area contributed by atoms with Crippen LogP contribution >= 0.6 is 0 Å². The molecule has 0 unspecified atom stereocenters. The zero-order valence-corrected chi connectivity index (χ0v) is 35.1. The Bertz CT molecular complexity index is 3650. The van der Waals surface area contributed by atoms with Crippen LogP contribution in [0.15, 0.2) is 255 Å². The first-order valence-electron chi connectivity index (χ1n) is 22.0. The van der Waals surface area contributed by atoms with Crippen LogP contribution in [-0.4, -0.2) is 4.57 Å². The molecule has 0 saturated carbocycles. The van der Waals surface area contributed by atoms with Crippen molar-refractivity contribution in [1.29, 1.82) is 0 Å². The van der Waals surface area contributed by atoms with Crippen molar-refractivity contribution in [2.75, 3.05) is 4.90 Å². The Morgan fingerprint density at radius 1 is 0.266 bits per heavy atom. The predicted molar refractivity (Wildman–Crippen MR) is 272 cm³/mol. The Morgan fingerprint density at radius 3 is 1.62 bits per heavy atom. The highest BCUT2D eigenvalue weighted by atomic mass is 15.1. The maximum atomic E-state index is 2.52. The fraction of sp³-hybridized carbons (Fsp3) is 0. The lowest BCUT2D eigenvalue weighted by atomic mass is 9.93. The highest BCUT2D eigenvalue weighted by molar-refractivity contribution is 6.15. The molecule has 0 aliphatic carbocycles. The summed E-state index contributed by atoms with van der Waals surface area (Å²) in [5.74, 6) is 0. The molecule has 0 atom stereocenters. The molecule has 0 N–H and O–H groups in total. The van der Waals surface area contributed by atoms with Crippen LogP contribution in [0.1, 0.15) is 0 Å². The first-order chi connectivity index (χ1) is 31.8. The summed E-state index contributed by atoms with van der Waals surface area (Å²) in [6.45, 7) is 0. The van der Waals surface area contributed by atoms with Gasteiger partial charge >= 0.3 is 0 Å². The summed E-state index contributed by atoms with van der Waals surface area (Å²) in [6, 6.07) is 92.9. The molecule has 0 fully saturated rings. The van der Waals surface area contributed by atoms with Crippen molar-refractivity contribution in [1.82, 2.24) is 4.57 Å². The molecule has 12 aromatic rings. The minimum Gasteiger partial charge on any atom is -0.310 e. The molecule has 300 valence electrons. The fourth-order valence-corrected chi connectivity index (χ4v) is 9.80. The molecule has 2 heteroatoms. The summed E-state index contributed by atoms with van der Waals surface area (Å²) in [5.41, 5.74) is 16.1. The van der Waals surface area contributed by atoms with Gasteiger partial charge in [0, 0.05) is 38.8 Å². The Balaban J connectivity index is 1.13. The number of fused-ring (bicyclic) bond motifs is 5. The second-order valence-corrected chi connectivity index (χ2v) is 16.5. The van der Waals surface area contributed by atoms with Crippen LogP contribution < -0.4 is 4.90 Å². The van der Waals surface area contributed by atoms with E-state index in [2.05, 4.69) is 264 Å². The summed E-state index contributed by atoms with van der Waals surface area (Å²) in [5, 5.41) is 7.39. The van der Waals surface area contributed by atoms with E-state index in [4.69, 9.17) is 0 Å². The molecule has 0 saturated heterocycles. The topological polar surface area (TPSA) is 8.17 Å². The monoisotopic (exact) mass is 814 g/mol. The van der Waals surface area contributed by atoms with Crippen LogP contribution in [0.5, 0.6) is 0 Å². The molecule has 2 nitrogen and oxygen atoms in total. The maximum absolute atomic E-state index is 2.52. The average Bonchev–Trinajstić information content (AvgIpc) is 3.69. The van der Waals surface area contributed by atoms with Gasteiger partial charge in [0.2, 0.25) is 0 Å². The van der Waals surface area contributed by atoms with E-state index in [-0.39, 0.29) is 0 Å². The number of anilines is 3. The van der Waals surface area contributed by atoms with Gasteiger partial charge in [-0.25, -0.2) is 0 Å². The Labute approximate surface area is 373 Å². The van der Waals surface area contributed by atoms with E-state index in [1.807, 2.05) is 0 Å². The second kappa shape index (κ2) is 15.8. The van der Waals surface area contributed by atoms with Gasteiger partial charge in [0.05, 0.1) is 22.4 Å². The van der Waals surface area contributed by atoms with Crippen molar-refractivity contribution in [3.05, 3.63) is 255 Å². The molecule has 0 spiro atoms. The summed E-state index contributed by atoms with van der Waals surface area (Å²) in [6.07, 6.45) is 0. The van der Waals surface area contributed by atoms with E-state index in [0.717, 1.165) is 33.9 Å². The third-order valence-corrected chi connectivity index (χ3v) is 12.8. The molecule has 1 heterocycles. The molecule has 0 bridgehead atoms. The van der Waals surface area contributed by atoms with E-state index in [1.165, 1.54) is 76.7 Å². The molecule has 0 aliphatic rings. The number of rotatable bonds is 8. The third-order valence-electron chi connectivity index (χ3n) is 12.8. The first kappa shape index (κ1) is 37.3. The van der Waals surface area contributed by atoms with E-state index in [0.29, 0.717) is 0 Å². The molecular weight excluding hydrogens is 773 g/mol. The minimum atomic E-state index is 1.08. The molecule has 0 radical (unpaired) electrons. The van der Waals surface area contributed by atoms with E-state index < -0.39 is 0 Å². The van der Waals surface area contributed by atoms with Gasteiger partial charge in [0.25, 0.3) is 0 Å². The highest BCUT2D eigenvalue weighted by Gasteiger charge is 2.24. The number of benzene rings is 11. The number of nitrogens with zero attached hydrogens (tertiary/aromatic N) is 2. The molecule has 12 rings (SSSR count). The van der Waals surface area contributed by atoms with Gasteiger partial charge < -0.3 is 9.47 Å². The fourth-order valence-electron chi connectivity index (χ4n) is 9.80. The van der Waals surface area contributed by atoms with Crippen molar-refractivity contribution in [2.45, 2.75) is 0 Å². The van der Waals surface area contributed by atoms with Gasteiger partial charge in [0.15, 0.2) is 0 Å². The smallest absolute Gasteiger partial charge is 0.0619 e. The maximum Gasteiger partial charge on any atom is 0.0619 e. The molecule has 1 aromatic heterocycles. The summed E-state index contributed by atoms with van der Waals surface area (Å²) >= 11 is 0. The van der Waals surface area contributed by atoms with Crippen LogP contribution in [0.3, 0.4) is 0 Å². The lowest BCUT2D eigenvalue weighted by molar-refractivity contribution is 1.18. The molecule has 0 amide bonds. The van der Waals surface area contributed by atoms with Gasteiger partial charge in [-0.1, -0.05) is 206 Å². The largest absolute Gasteiger partial charge is 0.310 e. The quantitative estimate of drug-likeness (QED) is 0.148. The lowest BCUT2D eigenvalue weighted by Gasteiger charge is -2.29.